The molecule has 0 bridgehead atoms. The number of methoxy groups -OCH3 is 1. The molecule has 3 aromatic carbocycles. The van der Waals surface area contributed by atoms with Crippen molar-refractivity contribution < 1.29 is 17.9 Å². The first-order chi connectivity index (χ1) is 14.4. The number of hydrogen-bond acceptors (Lipinski definition) is 4. The van der Waals surface area contributed by atoms with Crippen LogP contribution >= 0.6 is 11.6 Å². The van der Waals surface area contributed by atoms with E-state index < -0.39 is 9.84 Å². The van der Waals surface area contributed by atoms with E-state index in [1.54, 1.807) is 36.3 Å². The maximum Gasteiger partial charge on any atom is 0.228 e. The Bertz CT molecular complexity index is 1080. The van der Waals surface area contributed by atoms with Gasteiger partial charge in [-0.1, -0.05) is 41.9 Å². The highest BCUT2D eigenvalue weighted by Gasteiger charge is 2.21. The van der Waals surface area contributed by atoms with Crippen molar-refractivity contribution in [2.45, 2.75) is 17.9 Å². The van der Waals surface area contributed by atoms with Gasteiger partial charge in [0.1, 0.15) is 5.75 Å². The molecule has 5 nitrogen and oxygen atoms in total. The van der Waals surface area contributed by atoms with E-state index in [0.29, 0.717) is 23.0 Å². The molecule has 0 heterocycles. The van der Waals surface area contributed by atoms with Gasteiger partial charge < -0.3 is 9.64 Å². The fourth-order valence-corrected chi connectivity index (χ4v) is 4.32. The molecule has 0 spiro atoms. The number of nitrogens with zero attached hydrogens (tertiary/aromatic N) is 1. The summed E-state index contributed by atoms with van der Waals surface area (Å²) in [5, 5.41) is 0.457. The largest absolute Gasteiger partial charge is 0.497 e. The summed E-state index contributed by atoms with van der Waals surface area (Å²) < 4.78 is 30.4. The van der Waals surface area contributed by atoms with Crippen LogP contribution in [-0.2, 0) is 21.2 Å². The minimum atomic E-state index is -3.60. The van der Waals surface area contributed by atoms with Gasteiger partial charge in [0.25, 0.3) is 0 Å². The van der Waals surface area contributed by atoms with E-state index in [4.69, 9.17) is 16.3 Å². The molecule has 0 aliphatic rings. The fraction of sp³-hybridized carbons (Fsp3) is 0.174. The Labute approximate surface area is 181 Å². The van der Waals surface area contributed by atoms with E-state index in [-0.39, 0.29) is 23.0 Å². The summed E-state index contributed by atoms with van der Waals surface area (Å²) in [5.41, 5.74) is 1.62. The van der Waals surface area contributed by atoms with E-state index in [0.717, 1.165) is 5.56 Å². The lowest BCUT2D eigenvalue weighted by Crippen LogP contribution is -2.31. The molecule has 0 unspecified atom stereocenters. The maximum atomic E-state index is 13.0. The summed E-state index contributed by atoms with van der Waals surface area (Å²) >= 11 is 5.83. The first-order valence-corrected chi connectivity index (χ1v) is 11.4. The number of carbonyl (C=O) groups is 1. The standard InChI is InChI=1S/C23H22ClNO4S/c1-29-21-11-9-20(10-12-21)25(17-18-5-3-2-4-6-18)23(26)15-16-30(27,28)22-13-7-19(24)8-14-22/h2-14H,15-17H2,1H3. The average Bonchev–Trinajstić information content (AvgIpc) is 2.77. The zero-order chi connectivity index (χ0) is 21.6. The minimum Gasteiger partial charge on any atom is -0.497 e. The van der Waals surface area contributed by atoms with Gasteiger partial charge in [-0.05, 0) is 54.1 Å². The molecule has 0 atom stereocenters. The van der Waals surface area contributed by atoms with Gasteiger partial charge in [-0.25, -0.2) is 8.42 Å². The molecule has 30 heavy (non-hydrogen) atoms. The molecule has 156 valence electrons. The zero-order valence-corrected chi connectivity index (χ0v) is 18.1. The van der Waals surface area contributed by atoms with Gasteiger partial charge >= 0.3 is 0 Å². The monoisotopic (exact) mass is 443 g/mol. The molecule has 3 aromatic rings. The summed E-state index contributed by atoms with van der Waals surface area (Å²) in [7, 11) is -2.02. The lowest BCUT2D eigenvalue weighted by molar-refractivity contribution is -0.118. The Morgan fingerprint density at radius 3 is 2.17 bits per heavy atom. The summed E-state index contributed by atoms with van der Waals surface area (Å²) in [5.74, 6) is 0.118. The van der Waals surface area contributed by atoms with Crippen LogP contribution in [0.2, 0.25) is 5.02 Å². The number of sulfone groups is 1. The fourth-order valence-electron chi connectivity index (χ4n) is 2.97. The number of rotatable bonds is 8. The molecule has 0 aliphatic heterocycles. The molecule has 0 aromatic heterocycles. The van der Waals surface area contributed by atoms with Crippen LogP contribution in [0.25, 0.3) is 0 Å². The predicted octanol–water partition coefficient (Wildman–Crippen LogP) is 4.75. The third-order valence-corrected chi connectivity index (χ3v) is 6.61. The molecule has 0 saturated heterocycles. The van der Waals surface area contributed by atoms with Crippen LogP contribution in [0.5, 0.6) is 5.75 Å². The van der Waals surface area contributed by atoms with Crippen molar-refractivity contribution in [1.29, 1.82) is 0 Å². The minimum absolute atomic E-state index is 0.135. The molecular weight excluding hydrogens is 422 g/mol. The molecule has 0 fully saturated rings. The van der Waals surface area contributed by atoms with Gasteiger partial charge in [-0.2, -0.15) is 0 Å². The Balaban J connectivity index is 1.79. The number of benzene rings is 3. The van der Waals surface area contributed by atoms with Crippen molar-refractivity contribution in [2.24, 2.45) is 0 Å². The van der Waals surface area contributed by atoms with Gasteiger partial charge in [0.05, 0.1) is 24.3 Å². The highest BCUT2D eigenvalue weighted by molar-refractivity contribution is 7.91. The van der Waals surface area contributed by atoms with Crippen LogP contribution < -0.4 is 9.64 Å². The SMILES string of the molecule is COc1ccc(N(Cc2ccccc2)C(=O)CCS(=O)(=O)c2ccc(Cl)cc2)cc1. The lowest BCUT2D eigenvalue weighted by Gasteiger charge is -2.23. The second-order valence-corrected chi connectivity index (χ2v) is 9.23. The normalized spacial score (nSPS) is 11.1. The van der Waals surface area contributed by atoms with Gasteiger partial charge in [0.2, 0.25) is 5.91 Å². The third kappa shape index (κ3) is 5.62. The zero-order valence-electron chi connectivity index (χ0n) is 16.5. The highest BCUT2D eigenvalue weighted by Crippen LogP contribution is 2.23. The number of amides is 1. The number of carbonyl (C=O) groups excluding carboxylic acids is 1. The molecule has 1 amide bonds. The number of ether oxygens (including phenoxy) is 1. The molecule has 0 aliphatic carbocycles. The smallest absolute Gasteiger partial charge is 0.228 e. The summed E-state index contributed by atoms with van der Waals surface area (Å²) in [6, 6.07) is 22.6. The third-order valence-electron chi connectivity index (χ3n) is 4.63. The lowest BCUT2D eigenvalue weighted by atomic mass is 10.2. The van der Waals surface area contributed by atoms with E-state index in [1.165, 1.54) is 24.3 Å². The van der Waals surface area contributed by atoms with Gasteiger partial charge in [-0.15, -0.1) is 0 Å². The number of anilines is 1. The number of halogens is 1. The van der Waals surface area contributed by atoms with Crippen molar-refractivity contribution >= 4 is 33.0 Å². The van der Waals surface area contributed by atoms with Gasteiger partial charge in [0, 0.05) is 17.1 Å². The first kappa shape index (κ1) is 21.9. The van der Waals surface area contributed by atoms with Gasteiger partial charge in [-0.3, -0.25) is 4.79 Å². The van der Waals surface area contributed by atoms with Crippen molar-refractivity contribution in [2.75, 3.05) is 17.8 Å². The molecular formula is C23H22ClNO4S. The predicted molar refractivity (Wildman–Crippen MR) is 119 cm³/mol. The average molecular weight is 444 g/mol. The highest BCUT2D eigenvalue weighted by atomic mass is 35.5. The Hall–Kier alpha value is -2.83. The van der Waals surface area contributed by atoms with Crippen molar-refractivity contribution in [3.63, 3.8) is 0 Å². The van der Waals surface area contributed by atoms with E-state index in [9.17, 15) is 13.2 Å². The summed E-state index contributed by atoms with van der Waals surface area (Å²) in [6.07, 6.45) is -0.135. The van der Waals surface area contributed by atoms with Crippen LogP contribution in [-0.4, -0.2) is 27.2 Å². The summed E-state index contributed by atoms with van der Waals surface area (Å²) in [4.78, 5) is 14.8. The van der Waals surface area contributed by atoms with Crippen LogP contribution in [0.15, 0.2) is 83.8 Å². The van der Waals surface area contributed by atoms with E-state index in [2.05, 4.69) is 0 Å². The first-order valence-electron chi connectivity index (χ1n) is 9.36. The van der Waals surface area contributed by atoms with Crippen molar-refractivity contribution in [3.8, 4) is 5.75 Å². The molecule has 0 radical (unpaired) electrons. The Kier molecular flexibility index (Phi) is 7.13. The van der Waals surface area contributed by atoms with Crippen LogP contribution in [0, 0.1) is 0 Å². The van der Waals surface area contributed by atoms with Crippen molar-refractivity contribution in [1.82, 2.24) is 0 Å². The van der Waals surface area contributed by atoms with E-state index in [1.807, 2.05) is 30.3 Å². The second kappa shape index (κ2) is 9.78. The number of hydrogen-bond donors (Lipinski definition) is 0. The molecule has 0 N–H and O–H groups in total. The van der Waals surface area contributed by atoms with E-state index >= 15 is 0 Å². The quantitative estimate of drug-likeness (QED) is 0.504. The molecule has 7 heteroatoms. The molecule has 0 saturated carbocycles. The molecule has 3 rings (SSSR count). The van der Waals surface area contributed by atoms with Crippen LogP contribution in [0.4, 0.5) is 5.69 Å². The van der Waals surface area contributed by atoms with Crippen LogP contribution in [0.1, 0.15) is 12.0 Å². The Morgan fingerprint density at radius 1 is 0.933 bits per heavy atom. The maximum absolute atomic E-state index is 13.0. The Morgan fingerprint density at radius 2 is 1.57 bits per heavy atom. The van der Waals surface area contributed by atoms with Crippen molar-refractivity contribution in [3.05, 3.63) is 89.4 Å². The van der Waals surface area contributed by atoms with Crippen LogP contribution in [0.3, 0.4) is 0 Å². The topological polar surface area (TPSA) is 63.7 Å². The summed E-state index contributed by atoms with van der Waals surface area (Å²) in [6.45, 7) is 0.340. The van der Waals surface area contributed by atoms with Gasteiger partial charge in [0.15, 0.2) is 9.84 Å². The second-order valence-electron chi connectivity index (χ2n) is 6.69.